The molecule has 82 valence electrons. The first kappa shape index (κ1) is 10.9. The van der Waals surface area contributed by atoms with Crippen LogP contribution in [0.15, 0.2) is 11.1 Å². The zero-order valence-corrected chi connectivity index (χ0v) is 10.3. The summed E-state index contributed by atoms with van der Waals surface area (Å²) in [5.41, 5.74) is -0.104. The molecule has 0 radical (unpaired) electrons. The van der Waals surface area contributed by atoms with E-state index < -0.39 is 0 Å². The van der Waals surface area contributed by atoms with Crippen LogP contribution >= 0.6 is 22.6 Å². The van der Waals surface area contributed by atoms with Crippen molar-refractivity contribution in [2.45, 2.75) is 6.42 Å². The highest BCUT2D eigenvalue weighted by molar-refractivity contribution is 14.1. The highest BCUT2D eigenvalue weighted by Crippen LogP contribution is 2.23. The maximum atomic E-state index is 11.4. The third-order valence-corrected chi connectivity index (χ3v) is 3.59. The molecule has 0 amide bonds. The lowest BCUT2D eigenvalue weighted by Gasteiger charge is -2.17. The second-order valence-corrected chi connectivity index (χ2v) is 4.73. The third-order valence-electron chi connectivity index (χ3n) is 2.62. The predicted octanol–water partition coefficient (Wildman–Crippen LogP) is 0.193. The summed E-state index contributed by atoms with van der Waals surface area (Å²) in [6, 6.07) is 0. The van der Waals surface area contributed by atoms with Crippen molar-refractivity contribution < 1.29 is 5.11 Å². The SMILES string of the molecule is O=c1[nH]cnc(N2CCC(CO)C2)c1I. The third kappa shape index (κ3) is 2.15. The number of H-pyrrole nitrogens is 1. The van der Waals surface area contributed by atoms with E-state index in [4.69, 9.17) is 5.11 Å². The van der Waals surface area contributed by atoms with Gasteiger partial charge in [0.15, 0.2) is 0 Å². The van der Waals surface area contributed by atoms with Crippen molar-refractivity contribution in [1.29, 1.82) is 0 Å². The lowest BCUT2D eigenvalue weighted by Crippen LogP contribution is -2.26. The van der Waals surface area contributed by atoms with E-state index in [1.54, 1.807) is 0 Å². The Labute approximate surface area is 101 Å². The van der Waals surface area contributed by atoms with Gasteiger partial charge < -0.3 is 15.0 Å². The van der Waals surface area contributed by atoms with Crippen molar-refractivity contribution >= 4 is 28.4 Å². The fourth-order valence-electron chi connectivity index (χ4n) is 1.77. The van der Waals surface area contributed by atoms with E-state index in [1.165, 1.54) is 6.33 Å². The Kier molecular flexibility index (Phi) is 3.25. The van der Waals surface area contributed by atoms with Crippen LogP contribution in [0, 0.1) is 9.49 Å². The molecular formula is C9H12IN3O2. The quantitative estimate of drug-likeness (QED) is 0.763. The van der Waals surface area contributed by atoms with E-state index in [-0.39, 0.29) is 12.2 Å². The average molecular weight is 321 g/mol. The molecule has 1 aliphatic heterocycles. The molecule has 0 bridgehead atoms. The monoisotopic (exact) mass is 321 g/mol. The maximum Gasteiger partial charge on any atom is 0.266 e. The normalized spacial score (nSPS) is 20.9. The molecule has 0 spiro atoms. The molecule has 2 heterocycles. The van der Waals surface area contributed by atoms with Crippen LogP contribution in [-0.4, -0.2) is 34.8 Å². The molecule has 1 fully saturated rings. The van der Waals surface area contributed by atoms with Gasteiger partial charge in [-0.05, 0) is 29.0 Å². The van der Waals surface area contributed by atoms with Crippen LogP contribution in [0.4, 0.5) is 5.82 Å². The minimum atomic E-state index is -0.104. The zero-order chi connectivity index (χ0) is 10.8. The molecule has 0 aliphatic carbocycles. The van der Waals surface area contributed by atoms with Crippen molar-refractivity contribution in [2.75, 3.05) is 24.6 Å². The van der Waals surface area contributed by atoms with E-state index in [0.717, 1.165) is 25.3 Å². The van der Waals surface area contributed by atoms with E-state index >= 15 is 0 Å². The van der Waals surface area contributed by atoms with Crippen LogP contribution in [-0.2, 0) is 0 Å². The summed E-state index contributed by atoms with van der Waals surface area (Å²) in [7, 11) is 0. The van der Waals surface area contributed by atoms with Gasteiger partial charge in [-0.3, -0.25) is 4.79 Å². The number of aromatic amines is 1. The second kappa shape index (κ2) is 4.48. The Balaban J connectivity index is 2.24. The first-order chi connectivity index (χ1) is 7.22. The smallest absolute Gasteiger partial charge is 0.266 e. The molecule has 1 unspecified atom stereocenters. The number of halogens is 1. The molecule has 0 aromatic carbocycles. The van der Waals surface area contributed by atoms with Crippen LogP contribution in [0.3, 0.4) is 0 Å². The molecule has 1 saturated heterocycles. The lowest BCUT2D eigenvalue weighted by molar-refractivity contribution is 0.238. The molecular weight excluding hydrogens is 309 g/mol. The van der Waals surface area contributed by atoms with Gasteiger partial charge in [-0.15, -0.1) is 0 Å². The van der Waals surface area contributed by atoms with Crippen molar-refractivity contribution in [3.05, 3.63) is 20.3 Å². The van der Waals surface area contributed by atoms with Gasteiger partial charge in [0.1, 0.15) is 9.39 Å². The van der Waals surface area contributed by atoms with Gasteiger partial charge in [-0.2, -0.15) is 0 Å². The molecule has 2 rings (SSSR count). The first-order valence-electron chi connectivity index (χ1n) is 4.81. The summed E-state index contributed by atoms with van der Waals surface area (Å²) in [6.45, 7) is 1.84. The largest absolute Gasteiger partial charge is 0.396 e. The van der Waals surface area contributed by atoms with E-state index in [1.807, 2.05) is 22.6 Å². The first-order valence-corrected chi connectivity index (χ1v) is 5.89. The van der Waals surface area contributed by atoms with E-state index in [0.29, 0.717) is 9.49 Å². The molecule has 1 atom stereocenters. The second-order valence-electron chi connectivity index (χ2n) is 3.65. The van der Waals surface area contributed by atoms with Gasteiger partial charge in [-0.1, -0.05) is 0 Å². The van der Waals surface area contributed by atoms with Gasteiger partial charge in [0.05, 0.1) is 6.33 Å². The number of aliphatic hydroxyl groups excluding tert-OH is 1. The fourth-order valence-corrected chi connectivity index (χ4v) is 2.40. The minimum absolute atomic E-state index is 0.104. The van der Waals surface area contributed by atoms with Gasteiger partial charge in [0, 0.05) is 25.6 Å². The Hall–Kier alpha value is -0.630. The van der Waals surface area contributed by atoms with Crippen LogP contribution in [0.2, 0.25) is 0 Å². The molecule has 2 N–H and O–H groups in total. The minimum Gasteiger partial charge on any atom is -0.396 e. The van der Waals surface area contributed by atoms with Crippen molar-refractivity contribution in [3.8, 4) is 0 Å². The van der Waals surface area contributed by atoms with Crippen LogP contribution in [0.25, 0.3) is 0 Å². The zero-order valence-electron chi connectivity index (χ0n) is 8.11. The van der Waals surface area contributed by atoms with E-state index in [9.17, 15) is 4.79 Å². The summed E-state index contributed by atoms with van der Waals surface area (Å²) >= 11 is 2.00. The lowest BCUT2D eigenvalue weighted by atomic mass is 10.1. The standard InChI is InChI=1S/C9H12IN3O2/c10-7-8(11-5-12-9(7)15)13-2-1-6(3-13)4-14/h5-6,14H,1-4H2,(H,11,12,15). The number of rotatable bonds is 2. The Morgan fingerprint density at radius 3 is 3.20 bits per heavy atom. The fraction of sp³-hybridized carbons (Fsp3) is 0.556. The number of hydrogen-bond acceptors (Lipinski definition) is 4. The summed E-state index contributed by atoms with van der Waals surface area (Å²) in [5.74, 6) is 1.04. The Morgan fingerprint density at radius 2 is 2.53 bits per heavy atom. The molecule has 1 aliphatic rings. The highest BCUT2D eigenvalue weighted by Gasteiger charge is 2.24. The van der Waals surface area contributed by atoms with Crippen LogP contribution in [0.1, 0.15) is 6.42 Å². The van der Waals surface area contributed by atoms with Gasteiger partial charge in [0.25, 0.3) is 5.56 Å². The maximum absolute atomic E-state index is 11.4. The van der Waals surface area contributed by atoms with Gasteiger partial charge in [-0.25, -0.2) is 4.98 Å². The summed E-state index contributed by atoms with van der Waals surface area (Å²) in [4.78, 5) is 20.1. The Morgan fingerprint density at radius 1 is 1.73 bits per heavy atom. The van der Waals surface area contributed by atoms with Crippen LogP contribution < -0.4 is 10.5 Å². The van der Waals surface area contributed by atoms with Crippen molar-refractivity contribution in [3.63, 3.8) is 0 Å². The van der Waals surface area contributed by atoms with Crippen LogP contribution in [0.5, 0.6) is 0 Å². The van der Waals surface area contributed by atoms with Gasteiger partial charge in [0.2, 0.25) is 0 Å². The van der Waals surface area contributed by atoms with Crippen molar-refractivity contribution in [2.24, 2.45) is 5.92 Å². The van der Waals surface area contributed by atoms with Gasteiger partial charge >= 0.3 is 0 Å². The average Bonchev–Trinajstić information content (AvgIpc) is 2.70. The molecule has 1 aromatic heterocycles. The summed E-state index contributed by atoms with van der Waals surface area (Å²) in [6.07, 6.45) is 2.38. The number of anilines is 1. The van der Waals surface area contributed by atoms with Crippen molar-refractivity contribution in [1.82, 2.24) is 9.97 Å². The van der Waals surface area contributed by atoms with E-state index in [2.05, 4.69) is 14.9 Å². The number of hydrogen-bond donors (Lipinski definition) is 2. The molecule has 1 aromatic rings. The highest BCUT2D eigenvalue weighted by atomic mass is 127. The molecule has 5 nitrogen and oxygen atoms in total. The number of nitrogens with zero attached hydrogens (tertiary/aromatic N) is 2. The summed E-state index contributed by atoms with van der Waals surface area (Å²) < 4.78 is 0.619. The Bertz CT molecular complexity index is 407. The molecule has 0 saturated carbocycles. The summed E-state index contributed by atoms with van der Waals surface area (Å²) in [5, 5.41) is 9.04. The number of aliphatic hydroxyl groups is 1. The topological polar surface area (TPSA) is 69.2 Å². The predicted molar refractivity (Wildman–Crippen MR) is 65.0 cm³/mol. The molecule has 15 heavy (non-hydrogen) atoms. The number of nitrogens with one attached hydrogen (secondary N) is 1. The number of aromatic nitrogens is 2. The molecule has 6 heteroatoms.